The Balaban J connectivity index is 2.01. The normalized spacial score (nSPS) is 10.8. The fraction of sp³-hybridized carbons (Fsp3) is 0.412. The van der Waals surface area contributed by atoms with Gasteiger partial charge in [0.2, 0.25) is 0 Å². The van der Waals surface area contributed by atoms with Crippen molar-refractivity contribution in [3.8, 4) is 0 Å². The minimum Gasteiger partial charge on any atom is -0.311 e. The molecule has 2 aromatic rings. The molecule has 0 aliphatic rings. The molecular weight excluding hydrogens is 278 g/mol. The van der Waals surface area contributed by atoms with Crippen LogP contribution in [0.1, 0.15) is 36.1 Å². The SMILES string of the molecule is CCCNCc1cc(C)nc(CSc2ccccc2C)n1. The minimum absolute atomic E-state index is 0.813. The Morgan fingerprint density at radius 1 is 1.14 bits per heavy atom. The molecular formula is C17H23N3S. The average Bonchev–Trinajstić information content (AvgIpc) is 2.46. The third-order valence-corrected chi connectivity index (χ3v) is 4.31. The first-order valence-corrected chi connectivity index (χ1v) is 8.40. The molecule has 0 unspecified atom stereocenters. The number of nitrogens with one attached hydrogen (secondary N) is 1. The van der Waals surface area contributed by atoms with E-state index >= 15 is 0 Å². The largest absolute Gasteiger partial charge is 0.311 e. The lowest BCUT2D eigenvalue weighted by Crippen LogP contribution is -2.15. The first-order valence-electron chi connectivity index (χ1n) is 7.41. The van der Waals surface area contributed by atoms with E-state index in [0.29, 0.717) is 0 Å². The van der Waals surface area contributed by atoms with Crippen molar-refractivity contribution in [2.24, 2.45) is 0 Å². The highest BCUT2D eigenvalue weighted by Crippen LogP contribution is 2.24. The van der Waals surface area contributed by atoms with Crippen molar-refractivity contribution in [2.45, 2.75) is 44.4 Å². The van der Waals surface area contributed by atoms with Crippen molar-refractivity contribution in [3.05, 3.63) is 53.1 Å². The van der Waals surface area contributed by atoms with E-state index in [-0.39, 0.29) is 0 Å². The van der Waals surface area contributed by atoms with Gasteiger partial charge in [0, 0.05) is 17.1 Å². The molecule has 1 heterocycles. The highest BCUT2D eigenvalue weighted by atomic mass is 32.2. The smallest absolute Gasteiger partial charge is 0.139 e. The topological polar surface area (TPSA) is 37.8 Å². The van der Waals surface area contributed by atoms with Crippen LogP contribution in [0.5, 0.6) is 0 Å². The predicted octanol–water partition coefficient (Wildman–Crippen LogP) is 3.89. The second kappa shape index (κ2) is 8.15. The fourth-order valence-electron chi connectivity index (χ4n) is 2.11. The summed E-state index contributed by atoms with van der Waals surface area (Å²) in [5.41, 5.74) is 3.43. The standard InChI is InChI=1S/C17H23N3S/c1-4-9-18-11-15-10-14(3)19-17(20-15)12-21-16-8-6-5-7-13(16)2/h5-8,10,18H,4,9,11-12H2,1-3H3. The van der Waals surface area contributed by atoms with Crippen molar-refractivity contribution in [3.63, 3.8) is 0 Å². The molecule has 1 aromatic carbocycles. The Labute approximate surface area is 131 Å². The summed E-state index contributed by atoms with van der Waals surface area (Å²) in [6.45, 7) is 8.19. The maximum atomic E-state index is 4.66. The lowest BCUT2D eigenvalue weighted by Gasteiger charge is -2.08. The Bertz CT molecular complexity index is 584. The summed E-state index contributed by atoms with van der Waals surface area (Å²) in [6.07, 6.45) is 1.14. The van der Waals surface area contributed by atoms with Gasteiger partial charge in [-0.05, 0) is 44.5 Å². The van der Waals surface area contributed by atoms with Crippen molar-refractivity contribution in [1.82, 2.24) is 15.3 Å². The Hall–Kier alpha value is -1.39. The lowest BCUT2D eigenvalue weighted by atomic mass is 10.2. The average molecular weight is 301 g/mol. The van der Waals surface area contributed by atoms with Gasteiger partial charge >= 0.3 is 0 Å². The first kappa shape index (κ1) is 16.0. The zero-order chi connectivity index (χ0) is 15.1. The zero-order valence-corrected chi connectivity index (χ0v) is 13.8. The number of rotatable bonds is 7. The van der Waals surface area contributed by atoms with Gasteiger partial charge in [0.15, 0.2) is 0 Å². The molecule has 3 nitrogen and oxygen atoms in total. The molecule has 0 aliphatic heterocycles. The monoisotopic (exact) mass is 301 g/mol. The molecule has 2 rings (SSSR count). The number of nitrogens with zero attached hydrogens (tertiary/aromatic N) is 2. The van der Waals surface area contributed by atoms with E-state index in [1.54, 1.807) is 11.8 Å². The van der Waals surface area contributed by atoms with E-state index in [1.807, 2.05) is 6.92 Å². The van der Waals surface area contributed by atoms with Crippen LogP contribution < -0.4 is 5.32 Å². The summed E-state index contributed by atoms with van der Waals surface area (Å²) in [5.74, 6) is 1.73. The van der Waals surface area contributed by atoms with E-state index in [0.717, 1.165) is 42.5 Å². The van der Waals surface area contributed by atoms with Crippen LogP contribution in [-0.2, 0) is 12.3 Å². The Morgan fingerprint density at radius 2 is 1.95 bits per heavy atom. The van der Waals surface area contributed by atoms with Gasteiger partial charge in [0.1, 0.15) is 5.82 Å². The van der Waals surface area contributed by atoms with Crippen LogP contribution in [-0.4, -0.2) is 16.5 Å². The molecule has 0 aliphatic carbocycles. The molecule has 0 saturated carbocycles. The van der Waals surface area contributed by atoms with Crippen LogP contribution in [0.3, 0.4) is 0 Å². The first-order chi connectivity index (χ1) is 10.2. The van der Waals surface area contributed by atoms with Crippen molar-refractivity contribution < 1.29 is 0 Å². The molecule has 112 valence electrons. The number of benzene rings is 1. The van der Waals surface area contributed by atoms with Gasteiger partial charge in [-0.2, -0.15) is 0 Å². The summed E-state index contributed by atoms with van der Waals surface area (Å²) >= 11 is 1.80. The molecule has 0 radical (unpaired) electrons. The third kappa shape index (κ3) is 5.14. The summed E-state index contributed by atoms with van der Waals surface area (Å²) in [4.78, 5) is 10.5. The van der Waals surface area contributed by atoms with Crippen molar-refractivity contribution >= 4 is 11.8 Å². The van der Waals surface area contributed by atoms with Gasteiger partial charge < -0.3 is 5.32 Å². The van der Waals surface area contributed by atoms with Gasteiger partial charge in [0.05, 0.1) is 11.4 Å². The van der Waals surface area contributed by atoms with Crippen LogP contribution in [0.15, 0.2) is 35.2 Å². The van der Waals surface area contributed by atoms with Crippen LogP contribution in [0, 0.1) is 13.8 Å². The van der Waals surface area contributed by atoms with E-state index < -0.39 is 0 Å². The van der Waals surface area contributed by atoms with Crippen molar-refractivity contribution in [2.75, 3.05) is 6.54 Å². The second-order valence-corrected chi connectivity index (χ2v) is 6.17. The molecule has 0 spiro atoms. The molecule has 0 atom stereocenters. The quantitative estimate of drug-likeness (QED) is 0.622. The maximum Gasteiger partial charge on any atom is 0.139 e. The van der Waals surface area contributed by atoms with Gasteiger partial charge in [0.25, 0.3) is 0 Å². The van der Waals surface area contributed by atoms with Crippen LogP contribution in [0.4, 0.5) is 0 Å². The second-order valence-electron chi connectivity index (χ2n) is 5.15. The molecule has 21 heavy (non-hydrogen) atoms. The summed E-state index contributed by atoms with van der Waals surface area (Å²) < 4.78 is 0. The third-order valence-electron chi connectivity index (χ3n) is 3.14. The molecule has 4 heteroatoms. The van der Waals surface area contributed by atoms with E-state index in [9.17, 15) is 0 Å². The van der Waals surface area contributed by atoms with Crippen LogP contribution in [0.2, 0.25) is 0 Å². The Kier molecular flexibility index (Phi) is 6.21. The number of aryl methyl sites for hydroxylation is 2. The fourth-order valence-corrected chi connectivity index (χ4v) is 2.99. The number of aromatic nitrogens is 2. The number of hydrogen-bond donors (Lipinski definition) is 1. The molecule has 0 bridgehead atoms. The summed E-state index contributed by atoms with van der Waals surface area (Å²) in [6, 6.07) is 10.5. The molecule has 0 fully saturated rings. The van der Waals surface area contributed by atoms with Crippen LogP contribution in [0.25, 0.3) is 0 Å². The summed E-state index contributed by atoms with van der Waals surface area (Å²) in [5, 5.41) is 3.39. The van der Waals surface area contributed by atoms with Crippen LogP contribution >= 0.6 is 11.8 Å². The van der Waals surface area contributed by atoms with Gasteiger partial charge in [-0.3, -0.25) is 0 Å². The maximum absolute atomic E-state index is 4.66. The van der Waals surface area contributed by atoms with Crippen molar-refractivity contribution in [1.29, 1.82) is 0 Å². The van der Waals surface area contributed by atoms with Gasteiger partial charge in [-0.15, -0.1) is 11.8 Å². The lowest BCUT2D eigenvalue weighted by molar-refractivity contribution is 0.659. The zero-order valence-electron chi connectivity index (χ0n) is 13.0. The highest BCUT2D eigenvalue weighted by molar-refractivity contribution is 7.98. The number of thioether (sulfide) groups is 1. The molecule has 0 amide bonds. The van der Waals surface area contributed by atoms with Gasteiger partial charge in [-0.1, -0.05) is 25.1 Å². The Morgan fingerprint density at radius 3 is 2.71 bits per heavy atom. The van der Waals surface area contributed by atoms with E-state index in [2.05, 4.69) is 59.5 Å². The highest BCUT2D eigenvalue weighted by Gasteiger charge is 2.05. The van der Waals surface area contributed by atoms with E-state index in [1.165, 1.54) is 10.5 Å². The molecule has 0 saturated heterocycles. The number of hydrogen-bond acceptors (Lipinski definition) is 4. The summed E-state index contributed by atoms with van der Waals surface area (Å²) in [7, 11) is 0. The van der Waals surface area contributed by atoms with Gasteiger partial charge in [-0.25, -0.2) is 9.97 Å². The minimum atomic E-state index is 0.813. The molecule has 1 N–H and O–H groups in total. The predicted molar refractivity (Wildman–Crippen MR) is 89.5 cm³/mol. The van der Waals surface area contributed by atoms with E-state index in [4.69, 9.17) is 0 Å². The molecule has 1 aromatic heterocycles.